The number of carbonyl (C=O) groups is 2. The molecule has 0 bridgehead atoms. The van der Waals surface area contributed by atoms with Gasteiger partial charge in [-0.1, -0.05) is 29.8 Å². The summed E-state index contributed by atoms with van der Waals surface area (Å²) in [4.78, 5) is 30.9. The van der Waals surface area contributed by atoms with Gasteiger partial charge in [0, 0.05) is 43.2 Å². The van der Waals surface area contributed by atoms with E-state index in [2.05, 4.69) is 6.07 Å². The molecule has 2 aliphatic carbocycles. The summed E-state index contributed by atoms with van der Waals surface area (Å²) in [6.07, 6.45) is 3.05. The summed E-state index contributed by atoms with van der Waals surface area (Å²) >= 11 is 7.60. The van der Waals surface area contributed by atoms with Crippen LogP contribution in [-0.2, 0) is 17.0 Å². The lowest BCUT2D eigenvalue weighted by Gasteiger charge is -2.40. The van der Waals surface area contributed by atoms with E-state index in [9.17, 15) is 14.9 Å². The predicted octanol–water partition coefficient (Wildman–Crippen LogP) is 9.67. The third-order valence-corrected chi connectivity index (χ3v) is 10.9. The van der Waals surface area contributed by atoms with Crippen LogP contribution in [0.1, 0.15) is 91.0 Å². The maximum Gasteiger partial charge on any atom is 0.410 e. The van der Waals surface area contributed by atoms with Crippen LogP contribution >= 0.6 is 22.9 Å². The zero-order valence-electron chi connectivity index (χ0n) is 28.0. The van der Waals surface area contributed by atoms with Crippen molar-refractivity contribution in [2.45, 2.75) is 89.7 Å². The number of nitrogens with zero attached hydrogens (tertiary/aromatic N) is 3. The third-order valence-electron chi connectivity index (χ3n) is 8.99. The number of hydrogen-bond donors (Lipinski definition) is 0. The zero-order valence-corrected chi connectivity index (χ0v) is 29.6. The molecule has 0 saturated heterocycles. The molecule has 1 atom stereocenters. The van der Waals surface area contributed by atoms with Crippen molar-refractivity contribution in [2.75, 3.05) is 14.2 Å². The summed E-state index contributed by atoms with van der Waals surface area (Å²) in [7, 11) is 3.29. The molecular weight excluding hydrogens is 656 g/mol. The molecule has 1 heterocycles. The first-order chi connectivity index (χ1) is 22.6. The smallest absolute Gasteiger partial charge is 0.410 e. The van der Waals surface area contributed by atoms with Gasteiger partial charge in [0.05, 0.1) is 28.6 Å². The average Bonchev–Trinajstić information content (AvgIpc) is 3.42. The molecular formula is C37H40ClF2N3O4S. The molecule has 3 aromatic rings. The SMILES string of the molecule is COc1ccc(-c2ccc(C#N)cc2)cc1CN(C(=O)c1sc2c(c1Cl)C(F)=CCC2(C)F)[C@H]1CC[C@H](N(C)C(=O)OC(C)(C)C)CC1. The minimum absolute atomic E-state index is 0.0516. The van der Waals surface area contributed by atoms with Gasteiger partial charge in [-0.3, -0.25) is 4.79 Å². The van der Waals surface area contributed by atoms with Crippen LogP contribution in [0.3, 0.4) is 0 Å². The van der Waals surface area contributed by atoms with Crippen molar-refractivity contribution in [1.29, 1.82) is 5.26 Å². The van der Waals surface area contributed by atoms with Crippen molar-refractivity contribution in [1.82, 2.24) is 9.80 Å². The van der Waals surface area contributed by atoms with E-state index in [1.54, 1.807) is 36.1 Å². The summed E-state index contributed by atoms with van der Waals surface area (Å²) < 4.78 is 41.9. The van der Waals surface area contributed by atoms with E-state index in [-0.39, 0.29) is 45.4 Å². The molecule has 5 rings (SSSR count). The van der Waals surface area contributed by atoms with Crippen LogP contribution in [-0.4, -0.2) is 53.6 Å². The summed E-state index contributed by atoms with van der Waals surface area (Å²) in [6, 6.07) is 14.7. The van der Waals surface area contributed by atoms with Crippen LogP contribution in [0.5, 0.6) is 5.75 Å². The Bertz CT molecular complexity index is 1770. The Morgan fingerprint density at radius 1 is 1.08 bits per heavy atom. The van der Waals surface area contributed by atoms with Gasteiger partial charge in [0.2, 0.25) is 0 Å². The van der Waals surface area contributed by atoms with Gasteiger partial charge in [-0.25, -0.2) is 13.6 Å². The van der Waals surface area contributed by atoms with E-state index in [0.29, 0.717) is 37.0 Å². The molecule has 254 valence electrons. The number of carbonyl (C=O) groups excluding carboxylic acids is 2. The van der Waals surface area contributed by atoms with Crippen LogP contribution in [0.15, 0.2) is 48.5 Å². The third kappa shape index (κ3) is 7.37. The van der Waals surface area contributed by atoms with Crippen LogP contribution in [0.25, 0.3) is 17.0 Å². The number of rotatable bonds is 7. The van der Waals surface area contributed by atoms with Crippen molar-refractivity contribution in [2.24, 2.45) is 0 Å². The predicted molar refractivity (Wildman–Crippen MR) is 185 cm³/mol. The number of nitriles is 1. The fourth-order valence-electron chi connectivity index (χ4n) is 6.34. The Morgan fingerprint density at radius 3 is 2.29 bits per heavy atom. The minimum Gasteiger partial charge on any atom is -0.496 e. The standard InChI is InChI=1S/C37H40ClF2N3O4S/c1-36(2,3)47-35(45)42(5)26-12-14-27(15-13-26)43(34(44)32-31(38)30-28(39)17-18-37(4,40)33(30)48-32)21-25-19-24(11-16-29(25)46-6)23-9-7-22(20-41)8-10-23/h7-11,16-17,19,26-27H,12-15,18,21H2,1-6H3/t26-,27-,37?. The number of ether oxygens (including phenoxy) is 2. The van der Waals surface area contributed by atoms with Crippen LogP contribution in [0.4, 0.5) is 13.6 Å². The van der Waals surface area contributed by atoms with E-state index >= 15 is 8.78 Å². The van der Waals surface area contributed by atoms with Gasteiger partial charge in [-0.2, -0.15) is 5.26 Å². The van der Waals surface area contributed by atoms with E-state index < -0.39 is 29.1 Å². The summed E-state index contributed by atoms with van der Waals surface area (Å²) in [5.74, 6) is -0.474. The summed E-state index contributed by atoms with van der Waals surface area (Å²) in [5.41, 5.74) is 0.508. The number of benzene rings is 2. The van der Waals surface area contributed by atoms with E-state index in [0.717, 1.165) is 28.0 Å². The van der Waals surface area contributed by atoms with Gasteiger partial charge < -0.3 is 19.3 Å². The number of allylic oxidation sites excluding steroid dienone is 1. The first kappa shape index (κ1) is 35.4. The van der Waals surface area contributed by atoms with Gasteiger partial charge >= 0.3 is 6.09 Å². The van der Waals surface area contributed by atoms with E-state index in [4.69, 9.17) is 21.1 Å². The Morgan fingerprint density at radius 2 is 1.71 bits per heavy atom. The number of fused-ring (bicyclic) bond motifs is 1. The Labute approximate surface area is 289 Å². The maximum atomic E-state index is 15.6. The molecule has 11 heteroatoms. The zero-order chi connectivity index (χ0) is 35.0. The topological polar surface area (TPSA) is 82.9 Å². The fraction of sp³-hybridized carbons (Fsp3) is 0.432. The lowest BCUT2D eigenvalue weighted by molar-refractivity contribution is 0.0144. The molecule has 2 aliphatic rings. The molecule has 1 unspecified atom stereocenters. The van der Waals surface area contributed by atoms with Gasteiger partial charge in [0.15, 0.2) is 0 Å². The molecule has 48 heavy (non-hydrogen) atoms. The molecule has 1 saturated carbocycles. The van der Waals surface area contributed by atoms with Crippen molar-refractivity contribution in [3.63, 3.8) is 0 Å². The van der Waals surface area contributed by atoms with Crippen LogP contribution < -0.4 is 4.74 Å². The highest BCUT2D eigenvalue weighted by Gasteiger charge is 2.41. The quantitative estimate of drug-likeness (QED) is 0.246. The van der Waals surface area contributed by atoms with Crippen LogP contribution in [0.2, 0.25) is 5.02 Å². The highest BCUT2D eigenvalue weighted by atomic mass is 35.5. The van der Waals surface area contributed by atoms with Gasteiger partial charge in [0.1, 0.15) is 27.7 Å². The fourth-order valence-corrected chi connectivity index (χ4v) is 7.98. The lowest BCUT2D eigenvalue weighted by Crippen LogP contribution is -2.47. The average molecular weight is 696 g/mol. The minimum atomic E-state index is -1.86. The van der Waals surface area contributed by atoms with Gasteiger partial charge in [-0.15, -0.1) is 11.3 Å². The molecule has 1 aromatic heterocycles. The first-order valence-corrected chi connectivity index (χ1v) is 17.1. The molecule has 0 spiro atoms. The number of hydrogen-bond acceptors (Lipinski definition) is 6. The second kappa shape index (κ2) is 13.9. The lowest BCUT2D eigenvalue weighted by atomic mass is 9.89. The molecule has 7 nitrogen and oxygen atoms in total. The molecule has 0 radical (unpaired) electrons. The van der Waals surface area contributed by atoms with Crippen molar-refractivity contribution in [3.05, 3.63) is 80.0 Å². The first-order valence-electron chi connectivity index (χ1n) is 16.0. The molecule has 0 N–H and O–H groups in total. The van der Waals surface area contributed by atoms with Crippen molar-refractivity contribution < 1.29 is 27.8 Å². The molecule has 0 aliphatic heterocycles. The van der Waals surface area contributed by atoms with Crippen molar-refractivity contribution >= 4 is 40.8 Å². The van der Waals surface area contributed by atoms with Gasteiger partial charge in [-0.05, 0) is 94.8 Å². The monoisotopic (exact) mass is 695 g/mol. The maximum absolute atomic E-state index is 15.6. The second-order valence-electron chi connectivity index (χ2n) is 13.6. The highest BCUT2D eigenvalue weighted by Crippen LogP contribution is 2.50. The molecule has 2 amide bonds. The number of thiophene rings is 1. The number of methoxy groups -OCH3 is 1. The Balaban J connectivity index is 1.49. The normalized spacial score (nSPS) is 20.6. The Kier molecular flexibility index (Phi) is 10.2. The summed E-state index contributed by atoms with van der Waals surface area (Å²) in [6.45, 7) is 6.99. The number of alkyl halides is 1. The van der Waals surface area contributed by atoms with E-state index in [1.165, 1.54) is 13.0 Å². The largest absolute Gasteiger partial charge is 0.496 e. The second-order valence-corrected chi connectivity index (χ2v) is 15.0. The molecule has 1 fully saturated rings. The summed E-state index contributed by atoms with van der Waals surface area (Å²) in [5, 5.41) is 9.15. The Hall–Kier alpha value is -3.94. The van der Waals surface area contributed by atoms with Gasteiger partial charge in [0.25, 0.3) is 5.91 Å². The van der Waals surface area contributed by atoms with E-state index in [1.807, 2.05) is 51.1 Å². The molecule has 2 aromatic carbocycles. The number of amides is 2. The number of halogens is 3. The highest BCUT2D eigenvalue weighted by molar-refractivity contribution is 7.15. The van der Waals surface area contributed by atoms with Crippen LogP contribution in [0, 0.1) is 11.3 Å². The van der Waals surface area contributed by atoms with Crippen molar-refractivity contribution in [3.8, 4) is 22.9 Å².